The number of benzene rings is 2. The van der Waals surface area contributed by atoms with E-state index in [-0.39, 0.29) is 12.5 Å². The molecule has 2 aromatic rings. The molecule has 7 nitrogen and oxygen atoms in total. The van der Waals surface area contributed by atoms with E-state index in [1.807, 2.05) is 24.3 Å². The summed E-state index contributed by atoms with van der Waals surface area (Å²) in [6.07, 6.45) is 2.40. The molecule has 0 heterocycles. The van der Waals surface area contributed by atoms with Crippen molar-refractivity contribution in [3.8, 4) is 23.0 Å². The summed E-state index contributed by atoms with van der Waals surface area (Å²) in [5, 5.41) is 3.95. The second kappa shape index (κ2) is 10.1. The van der Waals surface area contributed by atoms with Gasteiger partial charge in [-0.25, -0.2) is 5.43 Å². The Morgan fingerprint density at radius 2 is 1.63 bits per heavy atom. The topological polar surface area (TPSA) is 78.4 Å². The van der Waals surface area contributed by atoms with Crippen LogP contribution in [0.3, 0.4) is 0 Å². The maximum atomic E-state index is 11.9. The number of nitrogens with zero attached hydrogens (tertiary/aromatic N) is 1. The van der Waals surface area contributed by atoms with Gasteiger partial charge >= 0.3 is 0 Å². The lowest BCUT2D eigenvalue weighted by Gasteiger charge is -2.12. The third kappa shape index (κ3) is 5.64. The van der Waals surface area contributed by atoms with Crippen LogP contribution in [0.5, 0.6) is 23.0 Å². The zero-order chi connectivity index (χ0) is 19.6. The standard InChI is InChI=1S/C20H24N2O5/c1-5-14-6-8-15(9-7-14)27-13-20(23)22-21-12-17-18(25-3)10-16(24-2)11-19(17)26-4/h6-12H,5,13H2,1-4H3,(H,22,23)/b21-12-. The lowest BCUT2D eigenvalue weighted by molar-refractivity contribution is -0.123. The molecule has 0 saturated carbocycles. The number of nitrogens with one attached hydrogen (secondary N) is 1. The molecule has 0 unspecified atom stereocenters. The first-order valence-corrected chi connectivity index (χ1v) is 8.44. The van der Waals surface area contributed by atoms with Gasteiger partial charge in [0.1, 0.15) is 23.0 Å². The summed E-state index contributed by atoms with van der Waals surface area (Å²) < 4.78 is 21.3. The lowest BCUT2D eigenvalue weighted by atomic mass is 10.2. The largest absolute Gasteiger partial charge is 0.496 e. The predicted molar refractivity (Wildman–Crippen MR) is 103 cm³/mol. The van der Waals surface area contributed by atoms with Gasteiger partial charge in [0.05, 0.1) is 33.1 Å². The highest BCUT2D eigenvalue weighted by molar-refractivity contribution is 5.89. The quantitative estimate of drug-likeness (QED) is 0.541. The van der Waals surface area contributed by atoms with Crippen LogP contribution >= 0.6 is 0 Å². The number of hydrogen-bond donors (Lipinski definition) is 1. The monoisotopic (exact) mass is 372 g/mol. The average Bonchev–Trinajstić information content (AvgIpc) is 2.72. The Bertz CT molecular complexity index is 762. The van der Waals surface area contributed by atoms with Gasteiger partial charge < -0.3 is 18.9 Å². The first-order valence-electron chi connectivity index (χ1n) is 8.44. The minimum atomic E-state index is -0.378. The molecule has 144 valence electrons. The molecule has 0 radical (unpaired) electrons. The van der Waals surface area contributed by atoms with Gasteiger partial charge in [0.2, 0.25) is 0 Å². The van der Waals surface area contributed by atoms with Crippen molar-refractivity contribution >= 4 is 12.1 Å². The third-order valence-electron chi connectivity index (χ3n) is 3.84. The summed E-state index contributed by atoms with van der Waals surface area (Å²) in [7, 11) is 4.61. The summed E-state index contributed by atoms with van der Waals surface area (Å²) in [5.41, 5.74) is 4.21. The number of aryl methyl sites for hydroxylation is 1. The smallest absolute Gasteiger partial charge is 0.277 e. The van der Waals surface area contributed by atoms with Gasteiger partial charge in [-0.1, -0.05) is 19.1 Å². The second-order valence-corrected chi connectivity index (χ2v) is 5.52. The fourth-order valence-electron chi connectivity index (χ4n) is 2.33. The highest BCUT2D eigenvalue weighted by Crippen LogP contribution is 2.32. The number of hydrogen-bond acceptors (Lipinski definition) is 6. The van der Waals surface area contributed by atoms with Gasteiger partial charge in [-0.3, -0.25) is 4.79 Å². The second-order valence-electron chi connectivity index (χ2n) is 5.52. The Hall–Kier alpha value is -3.22. The minimum Gasteiger partial charge on any atom is -0.496 e. The van der Waals surface area contributed by atoms with Crippen LogP contribution in [-0.4, -0.2) is 40.1 Å². The van der Waals surface area contributed by atoms with Crippen LogP contribution in [0.4, 0.5) is 0 Å². The number of carbonyl (C=O) groups is 1. The van der Waals surface area contributed by atoms with E-state index in [4.69, 9.17) is 18.9 Å². The summed E-state index contributed by atoms with van der Waals surface area (Å²) in [6.45, 7) is 1.94. The maximum Gasteiger partial charge on any atom is 0.277 e. The average molecular weight is 372 g/mol. The number of ether oxygens (including phenoxy) is 4. The molecule has 0 atom stereocenters. The molecule has 0 spiro atoms. The Balaban J connectivity index is 1.96. The van der Waals surface area contributed by atoms with Crippen molar-refractivity contribution in [1.82, 2.24) is 5.43 Å². The van der Waals surface area contributed by atoms with Crippen LogP contribution in [0.25, 0.3) is 0 Å². The maximum absolute atomic E-state index is 11.9. The molecule has 2 rings (SSSR count). The minimum absolute atomic E-state index is 0.139. The summed E-state index contributed by atoms with van der Waals surface area (Å²) in [6, 6.07) is 11.0. The van der Waals surface area contributed by atoms with Crippen LogP contribution in [-0.2, 0) is 11.2 Å². The van der Waals surface area contributed by atoms with E-state index in [9.17, 15) is 4.79 Å². The van der Waals surface area contributed by atoms with E-state index in [1.165, 1.54) is 26.0 Å². The highest BCUT2D eigenvalue weighted by Gasteiger charge is 2.11. The molecular formula is C20H24N2O5. The van der Waals surface area contributed by atoms with Gasteiger partial charge in [0.25, 0.3) is 5.91 Å². The van der Waals surface area contributed by atoms with Crippen LogP contribution in [0.2, 0.25) is 0 Å². The Morgan fingerprint density at radius 1 is 1.00 bits per heavy atom. The van der Waals surface area contributed by atoms with Crippen LogP contribution < -0.4 is 24.4 Å². The summed E-state index contributed by atoms with van der Waals surface area (Å²) in [5.74, 6) is 1.86. The summed E-state index contributed by atoms with van der Waals surface area (Å²) >= 11 is 0. The number of carbonyl (C=O) groups excluding carboxylic acids is 1. The zero-order valence-corrected chi connectivity index (χ0v) is 15.9. The van der Waals surface area contributed by atoms with Crippen LogP contribution in [0, 0.1) is 0 Å². The van der Waals surface area contributed by atoms with E-state index < -0.39 is 0 Å². The van der Waals surface area contributed by atoms with E-state index in [2.05, 4.69) is 17.5 Å². The molecule has 27 heavy (non-hydrogen) atoms. The lowest BCUT2D eigenvalue weighted by Crippen LogP contribution is -2.24. The molecule has 0 saturated heterocycles. The van der Waals surface area contributed by atoms with Crippen molar-refractivity contribution in [2.24, 2.45) is 5.10 Å². The van der Waals surface area contributed by atoms with Gasteiger partial charge in [-0.15, -0.1) is 0 Å². The van der Waals surface area contributed by atoms with Gasteiger partial charge in [0, 0.05) is 12.1 Å². The molecule has 1 amide bonds. The number of hydrazone groups is 1. The number of methoxy groups -OCH3 is 3. The van der Waals surface area contributed by atoms with Crippen molar-refractivity contribution in [2.45, 2.75) is 13.3 Å². The van der Waals surface area contributed by atoms with Crippen molar-refractivity contribution in [3.63, 3.8) is 0 Å². The molecule has 0 aromatic heterocycles. The normalized spacial score (nSPS) is 10.5. The highest BCUT2D eigenvalue weighted by atomic mass is 16.5. The van der Waals surface area contributed by atoms with Crippen molar-refractivity contribution in [2.75, 3.05) is 27.9 Å². The van der Waals surface area contributed by atoms with Crippen molar-refractivity contribution in [3.05, 3.63) is 47.5 Å². The first-order chi connectivity index (χ1) is 13.1. The van der Waals surface area contributed by atoms with Gasteiger partial charge in [0.15, 0.2) is 6.61 Å². The number of rotatable bonds is 9. The first kappa shape index (κ1) is 20.1. The molecule has 0 fully saturated rings. The Morgan fingerprint density at radius 3 is 2.15 bits per heavy atom. The SMILES string of the molecule is CCc1ccc(OCC(=O)N/N=C\c2c(OC)cc(OC)cc2OC)cc1. The van der Waals surface area contributed by atoms with E-state index >= 15 is 0 Å². The molecule has 1 N–H and O–H groups in total. The molecular weight excluding hydrogens is 348 g/mol. The van der Waals surface area contributed by atoms with E-state index in [0.29, 0.717) is 28.6 Å². The third-order valence-corrected chi connectivity index (χ3v) is 3.84. The molecule has 0 bridgehead atoms. The predicted octanol–water partition coefficient (Wildman–Crippen LogP) is 2.80. The number of amides is 1. The molecule has 7 heteroatoms. The van der Waals surface area contributed by atoms with Crippen LogP contribution in [0.15, 0.2) is 41.5 Å². The Labute approximate surface area is 158 Å². The van der Waals surface area contributed by atoms with Crippen molar-refractivity contribution in [1.29, 1.82) is 0 Å². The molecule has 2 aromatic carbocycles. The van der Waals surface area contributed by atoms with Gasteiger partial charge in [-0.05, 0) is 24.1 Å². The zero-order valence-electron chi connectivity index (χ0n) is 15.9. The van der Waals surface area contributed by atoms with Gasteiger partial charge in [-0.2, -0.15) is 5.10 Å². The van der Waals surface area contributed by atoms with Crippen LogP contribution in [0.1, 0.15) is 18.1 Å². The van der Waals surface area contributed by atoms with Crippen molar-refractivity contribution < 1.29 is 23.7 Å². The molecule has 0 aliphatic rings. The Kier molecular flexibility index (Phi) is 7.49. The van der Waals surface area contributed by atoms with E-state index in [0.717, 1.165) is 6.42 Å². The fourth-order valence-corrected chi connectivity index (χ4v) is 2.33. The molecule has 0 aliphatic heterocycles. The van der Waals surface area contributed by atoms with E-state index in [1.54, 1.807) is 19.2 Å². The molecule has 0 aliphatic carbocycles. The summed E-state index contributed by atoms with van der Waals surface area (Å²) in [4.78, 5) is 11.9. The fraction of sp³-hybridized carbons (Fsp3) is 0.300.